The molecule has 39 heavy (non-hydrogen) atoms. The molecule has 0 saturated heterocycles. The predicted octanol–water partition coefficient (Wildman–Crippen LogP) is 6.24. The average Bonchev–Trinajstić information content (AvgIpc) is 3.36. The number of nitrogens with two attached hydrogens (primary N) is 2. The molecule has 0 radical (unpaired) electrons. The fourth-order valence-electron chi connectivity index (χ4n) is 4.26. The highest BCUT2D eigenvalue weighted by molar-refractivity contribution is 5.85. The highest BCUT2D eigenvalue weighted by atomic mass is 19.3. The van der Waals surface area contributed by atoms with Gasteiger partial charge in [0.05, 0.1) is 25.9 Å². The fraction of sp³-hybridized carbons (Fsp3) is 0.500. The van der Waals surface area contributed by atoms with E-state index < -0.39 is 17.9 Å². The van der Waals surface area contributed by atoms with Crippen LogP contribution in [0.3, 0.4) is 0 Å². The van der Waals surface area contributed by atoms with Crippen LogP contribution in [0.4, 0.5) is 8.78 Å². The van der Waals surface area contributed by atoms with Crippen molar-refractivity contribution in [1.82, 2.24) is 0 Å². The van der Waals surface area contributed by atoms with Crippen molar-refractivity contribution in [3.8, 4) is 22.8 Å². The van der Waals surface area contributed by atoms with Gasteiger partial charge in [0, 0.05) is 30.8 Å². The molecule has 0 amide bonds. The number of aryl methyl sites for hydroxylation is 1. The normalized spacial score (nSPS) is 12.5. The summed E-state index contributed by atoms with van der Waals surface area (Å²) in [6.07, 6.45) is 4.04. The molecule has 3 aromatic rings. The molecule has 0 aliphatic carbocycles. The topological polar surface area (TPSA) is 110 Å². The largest absolute Gasteiger partial charge is 0.496 e. The van der Waals surface area contributed by atoms with Crippen molar-refractivity contribution >= 4 is 16.9 Å². The monoisotopic (exact) mass is 546 g/mol. The Morgan fingerprint density at radius 3 is 2.51 bits per heavy atom. The number of hydrogen-bond donors (Lipinski definition) is 2. The van der Waals surface area contributed by atoms with Crippen molar-refractivity contribution in [3.63, 3.8) is 0 Å². The summed E-state index contributed by atoms with van der Waals surface area (Å²) in [5.74, 6) is -1.55. The van der Waals surface area contributed by atoms with Crippen molar-refractivity contribution in [1.29, 1.82) is 0 Å². The van der Waals surface area contributed by atoms with Gasteiger partial charge in [0.25, 0.3) is 0 Å². The number of carbonyl (C=O) groups is 1. The van der Waals surface area contributed by atoms with Crippen LogP contribution in [0.25, 0.3) is 22.3 Å². The standard InChI is InChI=1S/C30H40F2N2O5/c1-3-4-5-8-21-9-12-24(27(17-21)36-2)28-18-22-10-11-23(19-26(22)39-28)37-15-6-13-30(31,32)14-7-16-38-29(35)25(34)20-33/h9-12,17-19,25H,3-8,13-16,20,33-34H2,1-2H3. The van der Waals surface area contributed by atoms with Crippen LogP contribution < -0.4 is 20.9 Å². The minimum Gasteiger partial charge on any atom is -0.496 e. The number of carbonyl (C=O) groups excluding carboxylic acids is 1. The third-order valence-electron chi connectivity index (χ3n) is 6.54. The number of alkyl halides is 2. The van der Waals surface area contributed by atoms with Gasteiger partial charge in [0.15, 0.2) is 0 Å². The third-order valence-corrected chi connectivity index (χ3v) is 6.54. The van der Waals surface area contributed by atoms with Crippen molar-refractivity contribution in [3.05, 3.63) is 48.0 Å². The zero-order chi connectivity index (χ0) is 28.3. The molecule has 0 aliphatic heterocycles. The Labute approximate surface area is 228 Å². The summed E-state index contributed by atoms with van der Waals surface area (Å²) in [6.45, 7) is 2.17. The summed E-state index contributed by atoms with van der Waals surface area (Å²) in [7, 11) is 1.65. The van der Waals surface area contributed by atoms with Gasteiger partial charge in [-0.05, 0) is 61.6 Å². The van der Waals surface area contributed by atoms with Crippen LogP contribution in [0.1, 0.15) is 57.4 Å². The lowest BCUT2D eigenvalue weighted by molar-refractivity contribution is -0.145. The minimum absolute atomic E-state index is 0.0424. The Bertz CT molecular complexity index is 1200. The number of benzene rings is 2. The van der Waals surface area contributed by atoms with Gasteiger partial charge in [0.1, 0.15) is 28.9 Å². The smallest absolute Gasteiger partial charge is 0.324 e. The van der Waals surface area contributed by atoms with E-state index in [1.54, 1.807) is 19.2 Å². The number of rotatable bonds is 17. The SMILES string of the molecule is CCCCCc1ccc(-c2cc3ccc(OCCCC(F)(F)CCCOC(=O)C(N)CN)cc3o2)c(OC)c1. The van der Waals surface area contributed by atoms with Crippen LogP contribution in [0, 0.1) is 0 Å². The number of halogens is 2. The van der Waals surface area contributed by atoms with Gasteiger partial charge in [-0.15, -0.1) is 0 Å². The first-order valence-corrected chi connectivity index (χ1v) is 13.6. The van der Waals surface area contributed by atoms with Crippen LogP contribution in [0.15, 0.2) is 46.9 Å². The van der Waals surface area contributed by atoms with Crippen molar-refractivity contribution in [2.24, 2.45) is 11.5 Å². The molecule has 9 heteroatoms. The molecular weight excluding hydrogens is 506 g/mol. The first kappa shape index (κ1) is 30.4. The highest BCUT2D eigenvalue weighted by Gasteiger charge is 2.28. The van der Waals surface area contributed by atoms with Crippen molar-refractivity contribution in [2.75, 3.05) is 26.9 Å². The molecule has 1 atom stereocenters. The molecule has 1 unspecified atom stereocenters. The molecule has 0 fully saturated rings. The van der Waals surface area contributed by atoms with E-state index in [1.165, 1.54) is 18.4 Å². The summed E-state index contributed by atoms with van der Waals surface area (Å²) in [4.78, 5) is 11.4. The molecule has 2 aromatic carbocycles. The Kier molecular flexibility index (Phi) is 11.6. The molecule has 214 valence electrons. The van der Waals surface area contributed by atoms with Gasteiger partial charge >= 0.3 is 5.97 Å². The molecule has 1 aromatic heterocycles. The minimum atomic E-state index is -2.88. The summed E-state index contributed by atoms with van der Waals surface area (Å²) in [5.41, 5.74) is 13.5. The van der Waals surface area contributed by atoms with Crippen molar-refractivity contribution < 1.29 is 32.2 Å². The number of unbranched alkanes of at least 4 members (excludes halogenated alkanes) is 2. The van der Waals surface area contributed by atoms with Gasteiger partial charge < -0.3 is 30.1 Å². The lowest BCUT2D eigenvalue weighted by Gasteiger charge is -2.16. The maximum Gasteiger partial charge on any atom is 0.324 e. The lowest BCUT2D eigenvalue weighted by Crippen LogP contribution is -2.39. The third kappa shape index (κ3) is 9.21. The van der Waals surface area contributed by atoms with Crippen LogP contribution in [-0.2, 0) is 16.0 Å². The van der Waals surface area contributed by atoms with E-state index in [0.717, 1.165) is 29.5 Å². The van der Waals surface area contributed by atoms with E-state index in [2.05, 4.69) is 19.1 Å². The zero-order valence-electron chi connectivity index (χ0n) is 22.8. The second-order valence-corrected chi connectivity index (χ2v) is 9.72. The Balaban J connectivity index is 1.50. The maximum atomic E-state index is 14.2. The second kappa shape index (κ2) is 14.8. The molecule has 4 N–H and O–H groups in total. The molecule has 7 nitrogen and oxygen atoms in total. The number of esters is 1. The quantitative estimate of drug-likeness (QED) is 0.152. The first-order chi connectivity index (χ1) is 18.8. The van der Waals surface area contributed by atoms with E-state index in [0.29, 0.717) is 17.1 Å². The molecule has 0 bridgehead atoms. The number of ether oxygens (including phenoxy) is 3. The van der Waals surface area contributed by atoms with Crippen LogP contribution in [0.5, 0.6) is 11.5 Å². The van der Waals surface area contributed by atoms with Gasteiger partial charge in [0.2, 0.25) is 5.92 Å². The molecule has 0 saturated carbocycles. The van der Waals surface area contributed by atoms with E-state index in [1.807, 2.05) is 18.2 Å². The Morgan fingerprint density at radius 2 is 1.79 bits per heavy atom. The number of furan rings is 1. The van der Waals surface area contributed by atoms with E-state index in [-0.39, 0.29) is 45.4 Å². The lowest BCUT2D eigenvalue weighted by atomic mass is 10.0. The summed E-state index contributed by atoms with van der Waals surface area (Å²) < 4.78 is 50.6. The second-order valence-electron chi connectivity index (χ2n) is 9.72. The summed E-state index contributed by atoms with van der Waals surface area (Å²) in [5, 5.41) is 0.908. The van der Waals surface area contributed by atoms with Gasteiger partial charge in [-0.3, -0.25) is 4.79 Å². The summed E-state index contributed by atoms with van der Waals surface area (Å²) in [6, 6.07) is 12.7. The average molecular weight is 547 g/mol. The number of fused-ring (bicyclic) bond motifs is 1. The molecule has 0 aliphatic rings. The van der Waals surface area contributed by atoms with Gasteiger partial charge in [-0.1, -0.05) is 25.8 Å². The van der Waals surface area contributed by atoms with E-state index in [4.69, 9.17) is 30.1 Å². The van der Waals surface area contributed by atoms with Gasteiger partial charge in [-0.2, -0.15) is 0 Å². The Morgan fingerprint density at radius 1 is 1.03 bits per heavy atom. The van der Waals surface area contributed by atoms with Crippen LogP contribution >= 0.6 is 0 Å². The van der Waals surface area contributed by atoms with Crippen molar-refractivity contribution in [2.45, 2.75) is 70.3 Å². The molecule has 1 heterocycles. The first-order valence-electron chi connectivity index (χ1n) is 13.6. The highest BCUT2D eigenvalue weighted by Crippen LogP contribution is 2.36. The maximum absolute atomic E-state index is 14.2. The number of hydrogen-bond acceptors (Lipinski definition) is 7. The van der Waals surface area contributed by atoms with Crippen LogP contribution in [-0.4, -0.2) is 44.8 Å². The number of methoxy groups -OCH3 is 1. The van der Waals surface area contributed by atoms with Crippen LogP contribution in [0.2, 0.25) is 0 Å². The zero-order valence-corrected chi connectivity index (χ0v) is 22.8. The molecular formula is C30H40F2N2O5. The predicted molar refractivity (Wildman–Crippen MR) is 148 cm³/mol. The summed E-state index contributed by atoms with van der Waals surface area (Å²) >= 11 is 0. The molecule has 0 spiro atoms. The van der Waals surface area contributed by atoms with E-state index in [9.17, 15) is 13.6 Å². The fourth-order valence-corrected chi connectivity index (χ4v) is 4.26. The molecule has 3 rings (SSSR count). The van der Waals surface area contributed by atoms with Gasteiger partial charge in [-0.25, -0.2) is 8.78 Å². The Hall–Kier alpha value is -3.17. The van der Waals surface area contributed by atoms with E-state index >= 15 is 0 Å².